The van der Waals surface area contributed by atoms with E-state index in [2.05, 4.69) is 20.1 Å². The number of ether oxygens (including phenoxy) is 1. The highest BCUT2D eigenvalue weighted by Gasteiger charge is 2.44. The van der Waals surface area contributed by atoms with Crippen molar-refractivity contribution >= 4 is 15.8 Å². The number of rotatable bonds is 5. The highest BCUT2D eigenvalue weighted by molar-refractivity contribution is 7.90. The van der Waals surface area contributed by atoms with E-state index < -0.39 is 39.0 Å². The van der Waals surface area contributed by atoms with Crippen LogP contribution in [0.15, 0.2) is 9.68 Å². The Kier molecular flexibility index (Phi) is 4.46. The number of aromatic nitrogens is 4. The minimum Gasteiger partial charge on any atom is -0.466 e. The first-order valence-electron chi connectivity index (χ1n) is 7.59. The lowest BCUT2D eigenvalue weighted by molar-refractivity contribution is -0.142. The number of fused-ring (bicyclic) bond motifs is 1. The zero-order valence-corrected chi connectivity index (χ0v) is 14.6. The second-order valence-electron chi connectivity index (χ2n) is 5.65. The third kappa shape index (κ3) is 3.41. The molecule has 9 nitrogen and oxygen atoms in total. The van der Waals surface area contributed by atoms with Crippen molar-refractivity contribution in [2.45, 2.75) is 37.3 Å². The summed E-state index contributed by atoms with van der Waals surface area (Å²) in [6.07, 6.45) is -0.0779. The van der Waals surface area contributed by atoms with Crippen molar-refractivity contribution in [3.8, 4) is 11.5 Å². The summed E-state index contributed by atoms with van der Waals surface area (Å²) in [6.45, 7) is 1.81. The molecule has 0 saturated carbocycles. The standard InChI is InChI=1S/C14H14F2N4O5S/c1-3-24-9(21)6-8-17-12(20-25-8)10-7-4-5-14(15,16)11(7)19-13(18-10)26(2,22)23/h3-6H2,1-2H3. The van der Waals surface area contributed by atoms with E-state index in [1.54, 1.807) is 6.92 Å². The molecule has 0 aliphatic heterocycles. The average molecular weight is 388 g/mol. The lowest BCUT2D eigenvalue weighted by Crippen LogP contribution is -2.15. The molecule has 0 fully saturated rings. The normalized spacial score (nSPS) is 15.7. The smallest absolute Gasteiger partial charge is 0.315 e. The minimum atomic E-state index is -3.94. The SMILES string of the molecule is CCOC(=O)Cc1nc(-c2nc(S(C)(=O)=O)nc3c2CCC3(F)F)no1. The van der Waals surface area contributed by atoms with E-state index in [9.17, 15) is 22.0 Å². The van der Waals surface area contributed by atoms with E-state index in [4.69, 9.17) is 9.26 Å². The number of carbonyl (C=O) groups is 1. The Morgan fingerprint density at radius 2 is 2.04 bits per heavy atom. The van der Waals surface area contributed by atoms with Gasteiger partial charge in [0.15, 0.2) is 0 Å². The molecule has 3 rings (SSSR count). The van der Waals surface area contributed by atoms with Gasteiger partial charge in [-0.25, -0.2) is 18.4 Å². The van der Waals surface area contributed by atoms with Crippen LogP contribution in [0.3, 0.4) is 0 Å². The zero-order valence-electron chi connectivity index (χ0n) is 13.8. The fourth-order valence-electron chi connectivity index (χ4n) is 2.51. The number of esters is 1. The third-order valence-electron chi connectivity index (χ3n) is 3.63. The number of alkyl halides is 2. The van der Waals surface area contributed by atoms with E-state index >= 15 is 0 Å². The van der Waals surface area contributed by atoms with E-state index in [0.717, 1.165) is 6.26 Å². The number of halogens is 2. The van der Waals surface area contributed by atoms with Gasteiger partial charge in [-0.1, -0.05) is 5.16 Å². The average Bonchev–Trinajstić information content (AvgIpc) is 3.11. The summed E-state index contributed by atoms with van der Waals surface area (Å²) in [4.78, 5) is 22.8. The molecule has 26 heavy (non-hydrogen) atoms. The summed E-state index contributed by atoms with van der Waals surface area (Å²) in [5.74, 6) is -4.16. The predicted octanol–water partition coefficient (Wildman–Crippen LogP) is 1.07. The molecule has 0 spiro atoms. The molecule has 0 radical (unpaired) electrons. The van der Waals surface area contributed by atoms with Crippen molar-refractivity contribution in [3.05, 3.63) is 17.1 Å². The molecule has 1 aliphatic carbocycles. The summed E-state index contributed by atoms with van der Waals surface area (Å²) in [5.41, 5.74) is -0.739. The second kappa shape index (κ2) is 6.34. The van der Waals surface area contributed by atoms with Crippen molar-refractivity contribution in [3.63, 3.8) is 0 Å². The van der Waals surface area contributed by atoms with Gasteiger partial charge in [-0.3, -0.25) is 4.79 Å². The molecule has 2 aromatic rings. The van der Waals surface area contributed by atoms with Crippen LogP contribution in [0.25, 0.3) is 11.5 Å². The molecule has 2 aromatic heterocycles. The van der Waals surface area contributed by atoms with Crippen LogP contribution in [0.4, 0.5) is 8.78 Å². The second-order valence-corrected chi connectivity index (χ2v) is 7.56. The summed E-state index contributed by atoms with van der Waals surface area (Å²) in [7, 11) is -3.94. The van der Waals surface area contributed by atoms with Crippen LogP contribution in [0.2, 0.25) is 0 Å². The topological polar surface area (TPSA) is 125 Å². The lowest BCUT2D eigenvalue weighted by Gasteiger charge is -2.10. The maximum absolute atomic E-state index is 14.1. The van der Waals surface area contributed by atoms with Gasteiger partial charge < -0.3 is 9.26 Å². The van der Waals surface area contributed by atoms with Crippen LogP contribution in [-0.2, 0) is 38.1 Å². The largest absolute Gasteiger partial charge is 0.466 e. The maximum atomic E-state index is 14.1. The Labute approximate surface area is 146 Å². The van der Waals surface area contributed by atoms with E-state index in [1.807, 2.05) is 0 Å². The summed E-state index contributed by atoms with van der Waals surface area (Å²) >= 11 is 0. The molecule has 0 N–H and O–H groups in total. The van der Waals surface area contributed by atoms with Gasteiger partial charge in [0.05, 0.1) is 6.61 Å². The lowest BCUT2D eigenvalue weighted by atomic mass is 10.1. The van der Waals surface area contributed by atoms with Gasteiger partial charge in [0.25, 0.3) is 5.92 Å². The van der Waals surface area contributed by atoms with Gasteiger partial charge >= 0.3 is 5.97 Å². The van der Waals surface area contributed by atoms with E-state index in [-0.39, 0.29) is 42.4 Å². The highest BCUT2D eigenvalue weighted by atomic mass is 32.2. The molecule has 1 aliphatic rings. The van der Waals surface area contributed by atoms with Gasteiger partial charge in [-0.2, -0.15) is 13.8 Å². The van der Waals surface area contributed by atoms with Gasteiger partial charge in [-0.05, 0) is 13.3 Å². The summed E-state index contributed by atoms with van der Waals surface area (Å²) < 4.78 is 61.3. The molecule has 0 amide bonds. The summed E-state index contributed by atoms with van der Waals surface area (Å²) in [6, 6.07) is 0. The van der Waals surface area contributed by atoms with Gasteiger partial charge in [-0.15, -0.1) is 0 Å². The molecule has 0 saturated heterocycles. The molecule has 0 aromatic carbocycles. The van der Waals surface area contributed by atoms with Crippen molar-refractivity contribution in [1.82, 2.24) is 20.1 Å². The fraction of sp³-hybridized carbons (Fsp3) is 0.500. The number of carbonyl (C=O) groups excluding carboxylic acids is 1. The number of sulfone groups is 1. The Morgan fingerprint density at radius 1 is 1.31 bits per heavy atom. The Hall–Kier alpha value is -2.50. The molecule has 12 heteroatoms. The van der Waals surface area contributed by atoms with Crippen LogP contribution in [0.1, 0.15) is 30.5 Å². The van der Waals surface area contributed by atoms with Crippen molar-refractivity contribution < 1.29 is 31.3 Å². The number of nitrogens with zero attached hydrogens (tertiary/aromatic N) is 4. The van der Waals surface area contributed by atoms with Crippen LogP contribution >= 0.6 is 0 Å². The molecular formula is C14H14F2N4O5S. The number of hydrogen-bond donors (Lipinski definition) is 0. The molecule has 0 atom stereocenters. The van der Waals surface area contributed by atoms with Crippen LogP contribution in [0.5, 0.6) is 0 Å². The first-order valence-corrected chi connectivity index (χ1v) is 9.49. The van der Waals surface area contributed by atoms with Gasteiger partial charge in [0.1, 0.15) is 17.8 Å². The van der Waals surface area contributed by atoms with Crippen LogP contribution in [0, 0.1) is 0 Å². The molecule has 2 heterocycles. The maximum Gasteiger partial charge on any atom is 0.315 e. The minimum absolute atomic E-state index is 0.0610. The third-order valence-corrected chi connectivity index (χ3v) is 4.48. The molecule has 140 valence electrons. The predicted molar refractivity (Wildman–Crippen MR) is 81.0 cm³/mol. The monoisotopic (exact) mass is 388 g/mol. The van der Waals surface area contributed by atoms with Crippen molar-refractivity contribution in [2.75, 3.05) is 12.9 Å². The van der Waals surface area contributed by atoms with Crippen LogP contribution in [-0.4, -0.2) is 47.4 Å². The van der Waals surface area contributed by atoms with E-state index in [0.29, 0.717) is 0 Å². The van der Waals surface area contributed by atoms with Gasteiger partial charge in [0, 0.05) is 18.2 Å². The van der Waals surface area contributed by atoms with Gasteiger partial charge in [0.2, 0.25) is 26.7 Å². The zero-order chi connectivity index (χ0) is 19.1. The van der Waals surface area contributed by atoms with Crippen molar-refractivity contribution in [1.29, 1.82) is 0 Å². The molecule has 0 unspecified atom stereocenters. The Bertz CT molecular complexity index is 974. The number of hydrogen-bond acceptors (Lipinski definition) is 9. The molecular weight excluding hydrogens is 374 g/mol. The summed E-state index contributed by atoms with van der Waals surface area (Å²) in [5, 5.41) is 2.88. The first-order chi connectivity index (χ1) is 12.1. The fourth-order valence-corrected chi connectivity index (χ4v) is 3.03. The molecule has 0 bridgehead atoms. The highest BCUT2D eigenvalue weighted by Crippen LogP contribution is 2.43. The van der Waals surface area contributed by atoms with Crippen LogP contribution < -0.4 is 0 Å². The quantitative estimate of drug-likeness (QED) is 0.546. The van der Waals surface area contributed by atoms with Crippen molar-refractivity contribution in [2.24, 2.45) is 0 Å². The van der Waals surface area contributed by atoms with E-state index in [1.165, 1.54) is 0 Å². The Balaban J connectivity index is 2.07. The first kappa shape index (κ1) is 18.3. The Morgan fingerprint density at radius 3 is 2.69 bits per heavy atom.